The van der Waals surface area contributed by atoms with Gasteiger partial charge in [0.1, 0.15) is 0 Å². The second-order valence-electron chi connectivity index (χ2n) is 6.23. The molecule has 1 aromatic carbocycles. The van der Waals surface area contributed by atoms with Gasteiger partial charge < -0.3 is 14.1 Å². The Bertz CT molecular complexity index is 804. The molecule has 6 nitrogen and oxygen atoms in total. The van der Waals surface area contributed by atoms with Crippen LogP contribution in [0, 0.1) is 6.92 Å². The van der Waals surface area contributed by atoms with Crippen LogP contribution in [0.2, 0.25) is 0 Å². The van der Waals surface area contributed by atoms with E-state index in [-0.39, 0.29) is 15.8 Å². The minimum absolute atomic E-state index is 0.00282. The standard InChI is InChI=1S/C17H22N2O4S/c1-12(2)15-18-16(17(23-15)19-8-10-22-11-9-19)24(20,21)14-6-4-13(3)5-7-14/h4-7,12H,8-11H2,1-3H3. The van der Waals surface area contributed by atoms with Crippen LogP contribution in [0.4, 0.5) is 5.88 Å². The quantitative estimate of drug-likeness (QED) is 0.844. The zero-order chi connectivity index (χ0) is 17.3. The van der Waals surface area contributed by atoms with Gasteiger partial charge >= 0.3 is 0 Å². The summed E-state index contributed by atoms with van der Waals surface area (Å²) >= 11 is 0. The van der Waals surface area contributed by atoms with Crippen LogP contribution in [-0.2, 0) is 14.6 Å². The third-order valence-corrected chi connectivity index (χ3v) is 5.64. The van der Waals surface area contributed by atoms with Crippen molar-refractivity contribution in [3.05, 3.63) is 35.7 Å². The summed E-state index contributed by atoms with van der Waals surface area (Å²) in [5.74, 6) is 0.761. The van der Waals surface area contributed by atoms with Crippen LogP contribution >= 0.6 is 0 Å². The fourth-order valence-electron chi connectivity index (χ4n) is 2.53. The van der Waals surface area contributed by atoms with Crippen LogP contribution in [0.5, 0.6) is 0 Å². The third-order valence-electron chi connectivity index (χ3n) is 3.97. The van der Waals surface area contributed by atoms with Gasteiger partial charge in [-0.1, -0.05) is 31.5 Å². The van der Waals surface area contributed by atoms with Crippen molar-refractivity contribution in [2.75, 3.05) is 31.2 Å². The molecule has 0 aliphatic carbocycles. The van der Waals surface area contributed by atoms with E-state index in [4.69, 9.17) is 9.15 Å². The molecule has 0 radical (unpaired) electrons. The van der Waals surface area contributed by atoms with E-state index < -0.39 is 9.84 Å². The second-order valence-corrected chi connectivity index (χ2v) is 8.10. The number of morpholine rings is 1. The van der Waals surface area contributed by atoms with Gasteiger partial charge in [0, 0.05) is 19.0 Å². The van der Waals surface area contributed by atoms with E-state index in [1.165, 1.54) is 0 Å². The van der Waals surface area contributed by atoms with E-state index in [2.05, 4.69) is 4.98 Å². The lowest BCUT2D eigenvalue weighted by Crippen LogP contribution is -2.36. The third kappa shape index (κ3) is 3.18. The van der Waals surface area contributed by atoms with Crippen molar-refractivity contribution in [1.29, 1.82) is 0 Å². The molecular formula is C17H22N2O4S. The maximum Gasteiger partial charge on any atom is 0.236 e. The fourth-order valence-corrected chi connectivity index (χ4v) is 3.86. The number of ether oxygens (including phenoxy) is 1. The first-order chi connectivity index (χ1) is 11.4. The Morgan fingerprint density at radius 3 is 2.33 bits per heavy atom. The summed E-state index contributed by atoms with van der Waals surface area (Å²) in [5.41, 5.74) is 1.00. The summed E-state index contributed by atoms with van der Waals surface area (Å²) in [6.07, 6.45) is 0. The van der Waals surface area contributed by atoms with Crippen LogP contribution in [-0.4, -0.2) is 39.7 Å². The molecule has 0 N–H and O–H groups in total. The number of anilines is 1. The molecule has 3 rings (SSSR count). The molecule has 1 aliphatic rings. The molecule has 1 aromatic heterocycles. The van der Waals surface area contributed by atoms with E-state index in [0.29, 0.717) is 38.1 Å². The second kappa shape index (κ2) is 6.57. The molecule has 0 spiro atoms. The highest BCUT2D eigenvalue weighted by atomic mass is 32.2. The van der Waals surface area contributed by atoms with E-state index in [0.717, 1.165) is 5.56 Å². The number of aryl methyl sites for hydroxylation is 1. The monoisotopic (exact) mass is 350 g/mol. The molecule has 0 unspecified atom stereocenters. The van der Waals surface area contributed by atoms with Crippen LogP contribution in [0.15, 0.2) is 38.6 Å². The van der Waals surface area contributed by atoms with Gasteiger partial charge in [-0.15, -0.1) is 0 Å². The normalized spacial score (nSPS) is 15.9. The van der Waals surface area contributed by atoms with Crippen molar-refractivity contribution in [3.8, 4) is 0 Å². The van der Waals surface area contributed by atoms with Crippen molar-refractivity contribution in [2.45, 2.75) is 36.6 Å². The van der Waals surface area contributed by atoms with Gasteiger partial charge in [-0.25, -0.2) is 8.42 Å². The molecule has 130 valence electrons. The molecule has 1 fully saturated rings. The Hall–Kier alpha value is -1.86. The summed E-state index contributed by atoms with van der Waals surface area (Å²) < 4.78 is 37.3. The van der Waals surface area contributed by atoms with Crippen LogP contribution < -0.4 is 4.90 Å². The SMILES string of the molecule is Cc1ccc(S(=O)(=O)c2nc(C(C)C)oc2N2CCOCC2)cc1. The molecule has 1 saturated heterocycles. The Morgan fingerprint density at radius 1 is 1.12 bits per heavy atom. The summed E-state index contributed by atoms with van der Waals surface area (Å²) in [6, 6.07) is 6.78. The average Bonchev–Trinajstić information content (AvgIpc) is 3.02. The van der Waals surface area contributed by atoms with E-state index in [1.54, 1.807) is 24.3 Å². The first-order valence-corrected chi connectivity index (χ1v) is 9.53. The van der Waals surface area contributed by atoms with Crippen LogP contribution in [0.1, 0.15) is 31.2 Å². The fraction of sp³-hybridized carbons (Fsp3) is 0.471. The van der Waals surface area contributed by atoms with Crippen LogP contribution in [0.25, 0.3) is 0 Å². The summed E-state index contributed by atoms with van der Waals surface area (Å²) in [7, 11) is -3.74. The molecular weight excluding hydrogens is 328 g/mol. The predicted molar refractivity (Wildman–Crippen MR) is 90.3 cm³/mol. The molecule has 2 heterocycles. The lowest BCUT2D eigenvalue weighted by molar-refractivity contribution is 0.120. The first kappa shape index (κ1) is 17.0. The zero-order valence-electron chi connectivity index (χ0n) is 14.2. The molecule has 2 aromatic rings. The van der Waals surface area contributed by atoms with Gasteiger partial charge in [-0.05, 0) is 19.1 Å². The smallest absolute Gasteiger partial charge is 0.236 e. The molecule has 24 heavy (non-hydrogen) atoms. The number of benzene rings is 1. The van der Waals surface area contributed by atoms with E-state index in [9.17, 15) is 8.42 Å². The Balaban J connectivity index is 2.09. The summed E-state index contributed by atoms with van der Waals surface area (Å²) in [5, 5.41) is -0.00282. The maximum atomic E-state index is 13.1. The molecule has 0 amide bonds. The Morgan fingerprint density at radius 2 is 1.75 bits per heavy atom. The number of oxazole rings is 1. The number of hydrogen-bond acceptors (Lipinski definition) is 6. The van der Waals surface area contributed by atoms with Gasteiger partial charge in [0.2, 0.25) is 26.6 Å². The van der Waals surface area contributed by atoms with Gasteiger partial charge in [-0.2, -0.15) is 4.98 Å². The molecule has 0 saturated carbocycles. The average molecular weight is 350 g/mol. The van der Waals surface area contributed by atoms with Crippen molar-refractivity contribution < 1.29 is 17.6 Å². The van der Waals surface area contributed by atoms with Gasteiger partial charge in [0.25, 0.3) is 0 Å². The topological polar surface area (TPSA) is 72.6 Å². The number of sulfone groups is 1. The summed E-state index contributed by atoms with van der Waals surface area (Å²) in [4.78, 5) is 6.44. The number of aromatic nitrogens is 1. The molecule has 7 heteroatoms. The molecule has 0 atom stereocenters. The van der Waals surface area contributed by atoms with E-state index in [1.807, 2.05) is 25.7 Å². The lowest BCUT2D eigenvalue weighted by Gasteiger charge is -2.26. The first-order valence-electron chi connectivity index (χ1n) is 8.05. The number of rotatable bonds is 4. The van der Waals surface area contributed by atoms with Gasteiger partial charge in [0.05, 0.1) is 18.1 Å². The zero-order valence-corrected chi connectivity index (χ0v) is 15.0. The summed E-state index contributed by atoms with van der Waals surface area (Å²) in [6.45, 7) is 8.03. The van der Waals surface area contributed by atoms with Crippen molar-refractivity contribution in [2.24, 2.45) is 0 Å². The minimum atomic E-state index is -3.74. The lowest BCUT2D eigenvalue weighted by atomic mass is 10.2. The Labute approximate surface area is 142 Å². The largest absolute Gasteiger partial charge is 0.423 e. The van der Waals surface area contributed by atoms with Gasteiger partial charge in [-0.3, -0.25) is 0 Å². The highest BCUT2D eigenvalue weighted by Gasteiger charge is 2.32. The van der Waals surface area contributed by atoms with Crippen molar-refractivity contribution in [3.63, 3.8) is 0 Å². The predicted octanol–water partition coefficient (Wildman–Crippen LogP) is 2.78. The number of nitrogens with zero attached hydrogens (tertiary/aromatic N) is 2. The highest BCUT2D eigenvalue weighted by molar-refractivity contribution is 7.91. The number of hydrogen-bond donors (Lipinski definition) is 0. The minimum Gasteiger partial charge on any atom is -0.423 e. The molecule has 1 aliphatic heterocycles. The van der Waals surface area contributed by atoms with E-state index >= 15 is 0 Å². The van der Waals surface area contributed by atoms with Crippen molar-refractivity contribution in [1.82, 2.24) is 4.98 Å². The highest BCUT2D eigenvalue weighted by Crippen LogP contribution is 2.33. The Kier molecular flexibility index (Phi) is 4.64. The van der Waals surface area contributed by atoms with Crippen molar-refractivity contribution >= 4 is 15.7 Å². The van der Waals surface area contributed by atoms with Gasteiger partial charge in [0.15, 0.2) is 0 Å². The van der Waals surface area contributed by atoms with Crippen LogP contribution in [0.3, 0.4) is 0 Å². The molecule has 0 bridgehead atoms. The maximum absolute atomic E-state index is 13.1.